The van der Waals surface area contributed by atoms with Gasteiger partial charge in [-0.2, -0.15) is 0 Å². The number of ether oxygens (including phenoxy) is 1. The maximum atomic E-state index is 5.16. The van der Waals surface area contributed by atoms with E-state index in [1.807, 2.05) is 24.5 Å². The zero-order valence-electron chi connectivity index (χ0n) is 9.61. The molecule has 2 heterocycles. The van der Waals surface area contributed by atoms with Crippen LogP contribution in [0.2, 0.25) is 0 Å². The molecule has 2 aromatic rings. The molecule has 0 aromatic carbocycles. The lowest BCUT2D eigenvalue weighted by Gasteiger charge is -2.17. The second-order valence-electron chi connectivity index (χ2n) is 4.69. The zero-order chi connectivity index (χ0) is 11.1. The minimum atomic E-state index is 0.105. The van der Waals surface area contributed by atoms with Crippen LogP contribution in [0.1, 0.15) is 26.5 Å². The van der Waals surface area contributed by atoms with Crippen LogP contribution in [0.4, 0.5) is 0 Å². The van der Waals surface area contributed by atoms with Crippen molar-refractivity contribution in [2.45, 2.75) is 26.2 Å². The molecule has 0 radical (unpaired) electrons. The van der Waals surface area contributed by atoms with E-state index in [2.05, 4.69) is 30.2 Å². The Balaban J connectivity index is 2.62. The van der Waals surface area contributed by atoms with Gasteiger partial charge in [0, 0.05) is 29.6 Å². The largest absolute Gasteiger partial charge is 0.497 e. The molecule has 0 bridgehead atoms. The molecule has 3 heteroatoms. The molecule has 0 amide bonds. The monoisotopic (exact) mass is 204 g/mol. The number of imidazole rings is 1. The molecular weight excluding hydrogens is 188 g/mol. The summed E-state index contributed by atoms with van der Waals surface area (Å²) in [5, 5.41) is 0. The molecular formula is C12H16N2O. The van der Waals surface area contributed by atoms with E-state index in [1.165, 1.54) is 5.69 Å². The Morgan fingerprint density at radius 1 is 1.33 bits per heavy atom. The second-order valence-corrected chi connectivity index (χ2v) is 4.69. The maximum absolute atomic E-state index is 5.16. The van der Waals surface area contributed by atoms with Crippen molar-refractivity contribution in [3.05, 3.63) is 30.2 Å². The average molecular weight is 204 g/mol. The van der Waals surface area contributed by atoms with Gasteiger partial charge in [0.25, 0.3) is 0 Å². The number of pyridine rings is 1. The lowest BCUT2D eigenvalue weighted by atomic mass is 9.93. The molecule has 0 spiro atoms. The lowest BCUT2D eigenvalue weighted by molar-refractivity contribution is 0.414. The van der Waals surface area contributed by atoms with Crippen molar-refractivity contribution in [2.24, 2.45) is 0 Å². The highest BCUT2D eigenvalue weighted by Gasteiger charge is 2.18. The molecule has 0 unspecified atom stereocenters. The van der Waals surface area contributed by atoms with Gasteiger partial charge in [0.15, 0.2) is 0 Å². The van der Waals surface area contributed by atoms with Crippen LogP contribution in [0, 0.1) is 0 Å². The summed E-state index contributed by atoms with van der Waals surface area (Å²) in [6.07, 6.45) is 3.93. The van der Waals surface area contributed by atoms with Gasteiger partial charge in [-0.25, -0.2) is 4.98 Å². The normalized spacial score (nSPS) is 12.0. The van der Waals surface area contributed by atoms with Gasteiger partial charge in [-0.3, -0.25) is 0 Å². The first-order valence-electron chi connectivity index (χ1n) is 5.04. The fourth-order valence-corrected chi connectivity index (χ4v) is 1.64. The van der Waals surface area contributed by atoms with Crippen molar-refractivity contribution in [1.29, 1.82) is 0 Å². The van der Waals surface area contributed by atoms with E-state index in [-0.39, 0.29) is 5.41 Å². The molecule has 15 heavy (non-hydrogen) atoms. The van der Waals surface area contributed by atoms with Crippen molar-refractivity contribution in [3.63, 3.8) is 0 Å². The van der Waals surface area contributed by atoms with Crippen LogP contribution < -0.4 is 4.74 Å². The van der Waals surface area contributed by atoms with E-state index in [0.29, 0.717) is 0 Å². The van der Waals surface area contributed by atoms with Crippen molar-refractivity contribution in [1.82, 2.24) is 9.38 Å². The summed E-state index contributed by atoms with van der Waals surface area (Å²) in [5.74, 6) is 0.841. The molecule has 0 atom stereocenters. The third kappa shape index (κ3) is 1.69. The second kappa shape index (κ2) is 3.26. The van der Waals surface area contributed by atoms with Crippen LogP contribution in [0.25, 0.3) is 5.65 Å². The molecule has 0 saturated heterocycles. The van der Waals surface area contributed by atoms with Crippen LogP contribution in [-0.4, -0.2) is 16.5 Å². The molecule has 0 aliphatic rings. The summed E-state index contributed by atoms with van der Waals surface area (Å²) in [7, 11) is 1.67. The minimum Gasteiger partial charge on any atom is -0.497 e. The number of aromatic nitrogens is 2. The maximum Gasteiger partial charge on any atom is 0.140 e. The van der Waals surface area contributed by atoms with Crippen LogP contribution >= 0.6 is 0 Å². The summed E-state index contributed by atoms with van der Waals surface area (Å²) in [4.78, 5) is 4.38. The van der Waals surface area contributed by atoms with Gasteiger partial charge in [-0.1, -0.05) is 20.8 Å². The topological polar surface area (TPSA) is 26.5 Å². The number of hydrogen-bond donors (Lipinski definition) is 0. The standard InChI is InChI=1S/C12H16N2O/c1-12(2,3)10-8-13-11-7-9(15-4)5-6-14(10)11/h5-8H,1-4H3. The minimum absolute atomic E-state index is 0.105. The molecule has 80 valence electrons. The summed E-state index contributed by atoms with van der Waals surface area (Å²) in [6, 6.07) is 3.89. The molecule has 0 aliphatic carbocycles. The van der Waals surface area contributed by atoms with E-state index in [4.69, 9.17) is 4.74 Å². The van der Waals surface area contributed by atoms with E-state index in [9.17, 15) is 0 Å². The number of nitrogens with zero attached hydrogens (tertiary/aromatic N) is 2. The quantitative estimate of drug-likeness (QED) is 0.714. The Morgan fingerprint density at radius 3 is 2.67 bits per heavy atom. The van der Waals surface area contributed by atoms with Crippen molar-refractivity contribution >= 4 is 5.65 Å². The van der Waals surface area contributed by atoms with Gasteiger partial charge in [0.2, 0.25) is 0 Å². The van der Waals surface area contributed by atoms with Gasteiger partial charge in [0.05, 0.1) is 7.11 Å². The Bertz CT molecular complexity index is 480. The lowest BCUT2D eigenvalue weighted by Crippen LogP contribution is -2.13. The molecule has 2 rings (SSSR count). The van der Waals surface area contributed by atoms with E-state index in [0.717, 1.165) is 11.4 Å². The zero-order valence-corrected chi connectivity index (χ0v) is 9.61. The Morgan fingerprint density at radius 2 is 2.07 bits per heavy atom. The third-order valence-corrected chi connectivity index (χ3v) is 2.49. The van der Waals surface area contributed by atoms with Gasteiger partial charge >= 0.3 is 0 Å². The van der Waals surface area contributed by atoms with Crippen LogP contribution in [0.15, 0.2) is 24.5 Å². The predicted octanol–water partition coefficient (Wildman–Crippen LogP) is 2.64. The molecule has 3 nitrogen and oxygen atoms in total. The molecule has 0 fully saturated rings. The van der Waals surface area contributed by atoms with Crippen molar-refractivity contribution in [3.8, 4) is 5.75 Å². The SMILES string of the molecule is COc1ccn2c(C(C)(C)C)cnc2c1. The van der Waals surface area contributed by atoms with Gasteiger partial charge in [0.1, 0.15) is 11.4 Å². The highest BCUT2D eigenvalue weighted by molar-refractivity contribution is 5.46. The Kier molecular flexibility index (Phi) is 2.18. The predicted molar refractivity (Wildman–Crippen MR) is 60.4 cm³/mol. The van der Waals surface area contributed by atoms with E-state index < -0.39 is 0 Å². The van der Waals surface area contributed by atoms with E-state index in [1.54, 1.807) is 7.11 Å². The number of hydrogen-bond acceptors (Lipinski definition) is 2. The van der Waals surface area contributed by atoms with Crippen molar-refractivity contribution in [2.75, 3.05) is 7.11 Å². The smallest absolute Gasteiger partial charge is 0.140 e. The van der Waals surface area contributed by atoms with Gasteiger partial charge in [-0.05, 0) is 6.07 Å². The molecule has 2 aromatic heterocycles. The van der Waals surface area contributed by atoms with Crippen LogP contribution in [0.5, 0.6) is 5.75 Å². The summed E-state index contributed by atoms with van der Waals surface area (Å²) < 4.78 is 7.26. The Hall–Kier alpha value is -1.51. The average Bonchev–Trinajstić information content (AvgIpc) is 2.59. The first-order valence-corrected chi connectivity index (χ1v) is 5.04. The number of rotatable bonds is 1. The number of fused-ring (bicyclic) bond motifs is 1. The summed E-state index contributed by atoms with van der Waals surface area (Å²) in [6.45, 7) is 6.54. The fraction of sp³-hybridized carbons (Fsp3) is 0.417. The molecule has 0 aliphatic heterocycles. The summed E-state index contributed by atoms with van der Waals surface area (Å²) in [5.41, 5.74) is 2.24. The van der Waals surface area contributed by atoms with Gasteiger partial charge in [-0.15, -0.1) is 0 Å². The summed E-state index contributed by atoms with van der Waals surface area (Å²) >= 11 is 0. The van der Waals surface area contributed by atoms with Crippen LogP contribution in [-0.2, 0) is 5.41 Å². The number of methoxy groups -OCH3 is 1. The highest BCUT2D eigenvalue weighted by Crippen LogP contribution is 2.24. The Labute approximate surface area is 89.7 Å². The molecule has 0 saturated carbocycles. The van der Waals surface area contributed by atoms with Crippen molar-refractivity contribution < 1.29 is 4.74 Å². The highest BCUT2D eigenvalue weighted by atomic mass is 16.5. The van der Waals surface area contributed by atoms with E-state index >= 15 is 0 Å². The first kappa shape index (κ1) is 10.0. The van der Waals surface area contributed by atoms with Gasteiger partial charge < -0.3 is 9.14 Å². The fourth-order valence-electron chi connectivity index (χ4n) is 1.64. The first-order chi connectivity index (χ1) is 7.02. The molecule has 0 N–H and O–H groups in total. The third-order valence-electron chi connectivity index (χ3n) is 2.49. The van der Waals surface area contributed by atoms with Crippen LogP contribution in [0.3, 0.4) is 0 Å².